The van der Waals surface area contributed by atoms with Crippen LogP contribution in [-0.2, 0) is 17.8 Å². The molecule has 20 heavy (non-hydrogen) atoms. The van der Waals surface area contributed by atoms with E-state index in [4.69, 9.17) is 15.2 Å². The van der Waals surface area contributed by atoms with E-state index in [2.05, 4.69) is 13.0 Å². The van der Waals surface area contributed by atoms with Gasteiger partial charge in [-0.05, 0) is 30.7 Å². The molecule has 0 atom stereocenters. The highest BCUT2D eigenvalue weighted by Crippen LogP contribution is 2.21. The highest BCUT2D eigenvalue weighted by atomic mass is 32.1. The van der Waals surface area contributed by atoms with Crippen LogP contribution in [0.4, 0.5) is 5.69 Å². The number of carbonyl (C=O) groups excluding carboxylic acids is 1. The van der Waals surface area contributed by atoms with Gasteiger partial charge in [0.25, 0.3) is 0 Å². The molecule has 0 aliphatic carbocycles. The van der Waals surface area contributed by atoms with Gasteiger partial charge in [0.15, 0.2) is 0 Å². The number of esters is 1. The van der Waals surface area contributed by atoms with Crippen molar-refractivity contribution in [2.75, 3.05) is 12.8 Å². The van der Waals surface area contributed by atoms with Gasteiger partial charge >= 0.3 is 5.97 Å². The zero-order valence-corrected chi connectivity index (χ0v) is 12.3. The fraction of sp³-hybridized carbons (Fsp3) is 0.267. The maximum Gasteiger partial charge on any atom is 0.338 e. The third-order valence-corrected chi connectivity index (χ3v) is 4.01. The Hall–Kier alpha value is -2.01. The molecule has 1 aromatic carbocycles. The fourth-order valence-electron chi connectivity index (χ4n) is 1.77. The van der Waals surface area contributed by atoms with E-state index >= 15 is 0 Å². The monoisotopic (exact) mass is 291 g/mol. The highest BCUT2D eigenvalue weighted by molar-refractivity contribution is 7.11. The number of rotatable bonds is 5. The molecule has 2 N–H and O–H groups in total. The lowest BCUT2D eigenvalue weighted by Gasteiger charge is -2.06. The lowest BCUT2D eigenvalue weighted by Crippen LogP contribution is -2.05. The number of thiophene rings is 1. The number of ether oxygens (including phenoxy) is 2. The van der Waals surface area contributed by atoms with E-state index in [-0.39, 0.29) is 6.61 Å². The molecule has 5 heteroatoms. The summed E-state index contributed by atoms with van der Waals surface area (Å²) in [5.41, 5.74) is 6.59. The van der Waals surface area contributed by atoms with E-state index in [9.17, 15) is 4.79 Å². The van der Waals surface area contributed by atoms with Gasteiger partial charge in [-0.25, -0.2) is 4.79 Å². The van der Waals surface area contributed by atoms with Crippen molar-refractivity contribution in [3.63, 3.8) is 0 Å². The molecule has 0 bridgehead atoms. The largest absolute Gasteiger partial charge is 0.497 e. The van der Waals surface area contributed by atoms with Gasteiger partial charge in [0.2, 0.25) is 0 Å². The minimum Gasteiger partial charge on any atom is -0.497 e. The summed E-state index contributed by atoms with van der Waals surface area (Å²) in [7, 11) is 1.53. The molecule has 1 heterocycles. The first kappa shape index (κ1) is 14.4. The summed E-state index contributed by atoms with van der Waals surface area (Å²) < 4.78 is 10.4. The van der Waals surface area contributed by atoms with Crippen molar-refractivity contribution in [3.8, 4) is 5.75 Å². The van der Waals surface area contributed by atoms with Gasteiger partial charge < -0.3 is 15.2 Å². The minimum atomic E-state index is -0.401. The number of carbonyl (C=O) groups is 1. The first-order valence-electron chi connectivity index (χ1n) is 6.31. The molecular weight excluding hydrogens is 274 g/mol. The van der Waals surface area contributed by atoms with Crippen LogP contribution in [0.1, 0.15) is 27.0 Å². The molecule has 2 aromatic rings. The number of benzene rings is 1. The van der Waals surface area contributed by atoms with Crippen molar-refractivity contribution in [2.45, 2.75) is 20.0 Å². The zero-order chi connectivity index (χ0) is 14.5. The molecule has 0 fully saturated rings. The standard InChI is InChI=1S/C15H17NO3S/c1-3-13-4-5-14(20-13)9-19-15(17)10-6-11(16)8-12(7-10)18-2/h4-8H,3,9,16H2,1-2H3. The smallest absolute Gasteiger partial charge is 0.338 e. The third-order valence-electron chi connectivity index (χ3n) is 2.81. The zero-order valence-electron chi connectivity index (χ0n) is 11.5. The Morgan fingerprint density at radius 3 is 2.65 bits per heavy atom. The van der Waals surface area contributed by atoms with E-state index in [1.807, 2.05) is 6.07 Å². The Kier molecular flexibility index (Phi) is 4.63. The average molecular weight is 291 g/mol. The van der Waals surface area contributed by atoms with Gasteiger partial charge in [-0.2, -0.15) is 0 Å². The van der Waals surface area contributed by atoms with Crippen LogP contribution in [-0.4, -0.2) is 13.1 Å². The summed E-state index contributed by atoms with van der Waals surface area (Å²) in [6.45, 7) is 2.38. The maximum absolute atomic E-state index is 12.0. The van der Waals surface area contributed by atoms with Crippen molar-refractivity contribution in [1.29, 1.82) is 0 Å². The van der Waals surface area contributed by atoms with Crippen LogP contribution in [0.2, 0.25) is 0 Å². The molecule has 0 aliphatic heterocycles. The van der Waals surface area contributed by atoms with Gasteiger partial charge in [-0.15, -0.1) is 11.3 Å². The molecule has 0 saturated heterocycles. The van der Waals surface area contributed by atoms with Gasteiger partial charge in [-0.1, -0.05) is 6.92 Å². The van der Waals surface area contributed by atoms with Gasteiger partial charge in [0.05, 0.1) is 12.7 Å². The second kappa shape index (κ2) is 6.43. The van der Waals surface area contributed by atoms with Gasteiger partial charge in [0, 0.05) is 21.5 Å². The Labute approximate surface area is 122 Å². The van der Waals surface area contributed by atoms with E-state index in [1.165, 1.54) is 12.0 Å². The maximum atomic E-state index is 12.0. The van der Waals surface area contributed by atoms with Crippen molar-refractivity contribution in [3.05, 3.63) is 45.6 Å². The van der Waals surface area contributed by atoms with Gasteiger partial charge in [-0.3, -0.25) is 0 Å². The number of hydrogen-bond acceptors (Lipinski definition) is 5. The highest BCUT2D eigenvalue weighted by Gasteiger charge is 2.11. The Morgan fingerprint density at radius 1 is 1.25 bits per heavy atom. The van der Waals surface area contributed by atoms with Crippen LogP contribution in [0.15, 0.2) is 30.3 Å². The number of aryl methyl sites for hydroxylation is 1. The van der Waals surface area contributed by atoms with E-state index in [0.29, 0.717) is 17.0 Å². The van der Waals surface area contributed by atoms with Crippen LogP contribution in [0.3, 0.4) is 0 Å². The summed E-state index contributed by atoms with van der Waals surface area (Å²) in [6, 6.07) is 8.89. The van der Waals surface area contributed by atoms with Crippen molar-refractivity contribution >= 4 is 23.0 Å². The van der Waals surface area contributed by atoms with Crippen LogP contribution < -0.4 is 10.5 Å². The lowest BCUT2D eigenvalue weighted by molar-refractivity contribution is 0.0476. The molecule has 1 aromatic heterocycles. The Bertz CT molecular complexity index is 607. The summed E-state index contributed by atoms with van der Waals surface area (Å²) in [5, 5.41) is 0. The van der Waals surface area contributed by atoms with Crippen LogP contribution >= 0.6 is 11.3 Å². The number of methoxy groups -OCH3 is 1. The normalized spacial score (nSPS) is 10.3. The molecule has 0 spiro atoms. The molecule has 0 unspecified atom stereocenters. The summed E-state index contributed by atoms with van der Waals surface area (Å²) in [6.07, 6.45) is 0.991. The predicted octanol–water partition coefficient (Wildman–Crippen LogP) is 3.26. The number of hydrogen-bond donors (Lipinski definition) is 1. The molecule has 106 valence electrons. The van der Waals surface area contributed by atoms with Crippen molar-refractivity contribution in [2.24, 2.45) is 0 Å². The van der Waals surface area contributed by atoms with Crippen molar-refractivity contribution < 1.29 is 14.3 Å². The summed E-state index contributed by atoms with van der Waals surface area (Å²) >= 11 is 1.65. The van der Waals surface area contributed by atoms with E-state index < -0.39 is 5.97 Å². The average Bonchev–Trinajstić information content (AvgIpc) is 2.92. The second-order valence-electron chi connectivity index (χ2n) is 4.29. The quantitative estimate of drug-likeness (QED) is 0.678. The van der Waals surface area contributed by atoms with Crippen LogP contribution in [0.5, 0.6) is 5.75 Å². The Balaban J connectivity index is 2.02. The SMILES string of the molecule is CCc1ccc(COC(=O)c2cc(N)cc(OC)c2)s1. The fourth-order valence-corrected chi connectivity index (χ4v) is 2.64. The molecule has 0 aliphatic rings. The summed E-state index contributed by atoms with van der Waals surface area (Å²) in [4.78, 5) is 14.3. The molecule has 0 amide bonds. The number of nitrogen functional groups attached to an aromatic ring is 1. The summed E-state index contributed by atoms with van der Waals surface area (Å²) in [5.74, 6) is 0.142. The predicted molar refractivity (Wildman–Crippen MR) is 80.2 cm³/mol. The molecule has 2 rings (SSSR count). The second-order valence-corrected chi connectivity index (χ2v) is 5.55. The number of anilines is 1. The topological polar surface area (TPSA) is 61.5 Å². The number of nitrogens with two attached hydrogens (primary N) is 1. The first-order valence-corrected chi connectivity index (χ1v) is 7.13. The Morgan fingerprint density at radius 2 is 2.00 bits per heavy atom. The van der Waals surface area contributed by atoms with Crippen LogP contribution in [0, 0.1) is 0 Å². The van der Waals surface area contributed by atoms with E-state index in [0.717, 1.165) is 11.3 Å². The van der Waals surface area contributed by atoms with Crippen LogP contribution in [0.25, 0.3) is 0 Å². The van der Waals surface area contributed by atoms with Gasteiger partial charge in [0.1, 0.15) is 12.4 Å². The minimum absolute atomic E-state index is 0.278. The van der Waals surface area contributed by atoms with Crippen molar-refractivity contribution in [1.82, 2.24) is 0 Å². The molecule has 4 nitrogen and oxygen atoms in total. The third kappa shape index (κ3) is 3.51. The first-order chi connectivity index (χ1) is 9.62. The molecule has 0 radical (unpaired) electrons. The van der Waals surface area contributed by atoms with E-state index in [1.54, 1.807) is 29.5 Å². The molecular formula is C15H17NO3S. The molecule has 0 saturated carbocycles. The lowest BCUT2D eigenvalue weighted by atomic mass is 10.2.